The fourth-order valence-corrected chi connectivity index (χ4v) is 4.41. The number of carbonyl (C=O) groups excluding carboxylic acids is 1. The molecule has 1 saturated heterocycles. The van der Waals surface area contributed by atoms with Crippen LogP contribution in [0.1, 0.15) is 68.7 Å². The van der Waals surface area contributed by atoms with Crippen molar-refractivity contribution in [3.05, 3.63) is 65.2 Å². The van der Waals surface area contributed by atoms with E-state index < -0.39 is 11.7 Å². The van der Waals surface area contributed by atoms with Gasteiger partial charge in [-0.2, -0.15) is 0 Å². The van der Waals surface area contributed by atoms with Crippen molar-refractivity contribution < 1.29 is 32.5 Å². The maximum atomic E-state index is 14.1. The van der Waals surface area contributed by atoms with Crippen LogP contribution in [0.4, 0.5) is 13.6 Å². The van der Waals surface area contributed by atoms with Crippen molar-refractivity contribution in [2.24, 2.45) is 0 Å². The number of amides is 1. The van der Waals surface area contributed by atoms with Crippen LogP contribution in [0.2, 0.25) is 0 Å². The average Bonchev–Trinajstić information content (AvgIpc) is 3.23. The fourth-order valence-electron chi connectivity index (χ4n) is 4.41. The molecule has 36 heavy (non-hydrogen) atoms. The third-order valence-corrected chi connectivity index (χ3v) is 6.50. The molecule has 1 fully saturated rings. The molecule has 2 aliphatic heterocycles. The van der Waals surface area contributed by atoms with E-state index in [1.807, 2.05) is 32.0 Å². The molecule has 1 atom stereocenters. The summed E-state index contributed by atoms with van der Waals surface area (Å²) in [5.41, 5.74) is 1.91. The third-order valence-electron chi connectivity index (χ3n) is 6.50. The Morgan fingerprint density at radius 1 is 1.06 bits per heavy atom. The number of ether oxygens (including phenoxy) is 4. The molecule has 0 saturated carbocycles. The van der Waals surface area contributed by atoms with Crippen molar-refractivity contribution in [2.75, 3.05) is 26.3 Å². The molecular formula is C28H35F2NO5. The SMILES string of the molecule is CC1(C)OCc2cc(C3CN(CCCCCCOCCC(F)(F)c4ccccc4)C(=O)O3)ccc2O1. The van der Waals surface area contributed by atoms with Gasteiger partial charge < -0.3 is 23.8 Å². The molecule has 1 unspecified atom stereocenters. The maximum absolute atomic E-state index is 14.1. The predicted molar refractivity (Wildman–Crippen MR) is 131 cm³/mol. The number of cyclic esters (lactones) is 1. The fraction of sp³-hybridized carbons (Fsp3) is 0.536. The summed E-state index contributed by atoms with van der Waals surface area (Å²) in [4.78, 5) is 14.1. The standard InChI is InChI=1S/C28H35F2NO5/c1-27(2)34-20-22-18-21(12-13-24(22)36-27)25-19-31(26(32)35-25)15-8-3-4-9-16-33-17-14-28(29,30)23-10-6-5-7-11-23/h5-7,10-13,18,25H,3-4,8-9,14-17,19-20H2,1-2H3. The van der Waals surface area contributed by atoms with Gasteiger partial charge in [0.05, 0.1) is 19.8 Å². The second-order valence-corrected chi connectivity index (χ2v) is 9.82. The number of nitrogens with zero attached hydrogens (tertiary/aromatic N) is 1. The van der Waals surface area contributed by atoms with E-state index in [1.54, 1.807) is 23.1 Å². The van der Waals surface area contributed by atoms with Gasteiger partial charge in [-0.25, -0.2) is 13.6 Å². The zero-order valence-electron chi connectivity index (χ0n) is 21.0. The Labute approximate surface area is 211 Å². The van der Waals surface area contributed by atoms with E-state index in [9.17, 15) is 13.6 Å². The smallest absolute Gasteiger partial charge is 0.410 e. The van der Waals surface area contributed by atoms with E-state index in [2.05, 4.69) is 0 Å². The van der Waals surface area contributed by atoms with Crippen LogP contribution in [0.5, 0.6) is 5.75 Å². The molecule has 0 bridgehead atoms. The summed E-state index contributed by atoms with van der Waals surface area (Å²) in [5, 5.41) is 0. The number of hydrogen-bond acceptors (Lipinski definition) is 5. The highest BCUT2D eigenvalue weighted by Gasteiger charge is 2.34. The molecule has 2 aromatic carbocycles. The van der Waals surface area contributed by atoms with Crippen LogP contribution < -0.4 is 4.74 Å². The third kappa shape index (κ3) is 6.95. The molecule has 4 rings (SSSR count). The molecule has 2 aliphatic rings. The van der Waals surface area contributed by atoms with E-state index >= 15 is 0 Å². The molecule has 0 N–H and O–H groups in total. The van der Waals surface area contributed by atoms with Crippen molar-refractivity contribution in [3.8, 4) is 5.75 Å². The Bertz CT molecular complexity index is 1010. The number of unbranched alkanes of at least 4 members (excludes halogenated alkanes) is 3. The first-order valence-corrected chi connectivity index (χ1v) is 12.7. The highest BCUT2D eigenvalue weighted by atomic mass is 19.3. The van der Waals surface area contributed by atoms with Gasteiger partial charge in [-0.3, -0.25) is 0 Å². The topological polar surface area (TPSA) is 57.2 Å². The minimum absolute atomic E-state index is 0.0231. The summed E-state index contributed by atoms with van der Waals surface area (Å²) in [7, 11) is 0. The second-order valence-electron chi connectivity index (χ2n) is 9.82. The normalized spacial score (nSPS) is 19.1. The summed E-state index contributed by atoms with van der Waals surface area (Å²) in [6.45, 7) is 5.85. The summed E-state index contributed by atoms with van der Waals surface area (Å²) in [5.74, 6) is -2.72. The minimum atomic E-state index is -2.87. The van der Waals surface area contributed by atoms with E-state index in [0.717, 1.165) is 42.6 Å². The van der Waals surface area contributed by atoms with Gasteiger partial charge in [0, 0.05) is 44.5 Å². The molecule has 0 radical (unpaired) electrons. The van der Waals surface area contributed by atoms with Gasteiger partial charge in [-0.1, -0.05) is 49.2 Å². The first kappa shape index (κ1) is 26.4. The van der Waals surface area contributed by atoms with E-state index in [-0.39, 0.29) is 30.8 Å². The van der Waals surface area contributed by atoms with Crippen molar-refractivity contribution in [1.29, 1.82) is 0 Å². The van der Waals surface area contributed by atoms with E-state index in [1.165, 1.54) is 12.1 Å². The molecule has 0 aromatic heterocycles. The molecule has 2 aromatic rings. The Morgan fingerprint density at radius 3 is 2.64 bits per heavy atom. The summed E-state index contributed by atoms with van der Waals surface area (Å²) >= 11 is 0. The van der Waals surface area contributed by atoms with E-state index in [0.29, 0.717) is 26.3 Å². The number of rotatable bonds is 12. The van der Waals surface area contributed by atoms with Crippen LogP contribution in [0.15, 0.2) is 48.5 Å². The zero-order chi connectivity index (χ0) is 25.6. The van der Waals surface area contributed by atoms with Crippen LogP contribution in [-0.4, -0.2) is 43.1 Å². The maximum Gasteiger partial charge on any atom is 0.410 e. The first-order valence-electron chi connectivity index (χ1n) is 12.7. The number of fused-ring (bicyclic) bond motifs is 1. The molecule has 1 amide bonds. The van der Waals surface area contributed by atoms with Crippen LogP contribution in [0.3, 0.4) is 0 Å². The molecule has 196 valence electrons. The molecular weight excluding hydrogens is 468 g/mol. The quantitative estimate of drug-likeness (QED) is 0.306. The number of benzene rings is 2. The molecule has 8 heteroatoms. The number of halogens is 2. The molecule has 6 nitrogen and oxygen atoms in total. The Balaban J connectivity index is 1.09. The van der Waals surface area contributed by atoms with E-state index in [4.69, 9.17) is 18.9 Å². The molecule has 2 heterocycles. The minimum Gasteiger partial charge on any atom is -0.463 e. The number of alkyl halides is 2. The van der Waals surface area contributed by atoms with Crippen LogP contribution in [-0.2, 0) is 26.7 Å². The highest BCUT2D eigenvalue weighted by Crippen LogP contribution is 2.35. The highest BCUT2D eigenvalue weighted by molar-refractivity contribution is 5.70. The average molecular weight is 504 g/mol. The molecule has 0 spiro atoms. The lowest BCUT2D eigenvalue weighted by molar-refractivity contribution is -0.180. The van der Waals surface area contributed by atoms with Crippen molar-refractivity contribution in [3.63, 3.8) is 0 Å². The van der Waals surface area contributed by atoms with Gasteiger partial charge in [-0.05, 0) is 30.5 Å². The van der Waals surface area contributed by atoms with Gasteiger partial charge in [-0.15, -0.1) is 0 Å². The predicted octanol–water partition coefficient (Wildman–Crippen LogP) is 6.58. The molecule has 0 aliphatic carbocycles. The van der Waals surface area contributed by atoms with Gasteiger partial charge in [0.15, 0.2) is 0 Å². The summed E-state index contributed by atoms with van der Waals surface area (Å²) < 4.78 is 50.8. The lowest BCUT2D eigenvalue weighted by Gasteiger charge is -2.32. The second kappa shape index (κ2) is 11.6. The van der Waals surface area contributed by atoms with Crippen molar-refractivity contribution >= 4 is 6.09 Å². The van der Waals surface area contributed by atoms with Gasteiger partial charge >= 0.3 is 6.09 Å². The zero-order valence-corrected chi connectivity index (χ0v) is 21.0. The Morgan fingerprint density at radius 2 is 1.83 bits per heavy atom. The lowest BCUT2D eigenvalue weighted by atomic mass is 10.0. The monoisotopic (exact) mass is 503 g/mol. The van der Waals surface area contributed by atoms with Crippen LogP contribution in [0.25, 0.3) is 0 Å². The number of carbonyl (C=O) groups is 1. The largest absolute Gasteiger partial charge is 0.463 e. The van der Waals surface area contributed by atoms with Crippen molar-refractivity contribution in [2.45, 2.75) is 70.4 Å². The van der Waals surface area contributed by atoms with Gasteiger partial charge in [0.25, 0.3) is 5.92 Å². The summed E-state index contributed by atoms with van der Waals surface area (Å²) in [6, 6.07) is 13.7. The first-order chi connectivity index (χ1) is 17.2. The van der Waals surface area contributed by atoms with Gasteiger partial charge in [0.1, 0.15) is 11.9 Å². The van der Waals surface area contributed by atoms with Crippen molar-refractivity contribution in [1.82, 2.24) is 4.90 Å². The lowest BCUT2D eigenvalue weighted by Crippen LogP contribution is -2.35. The Kier molecular flexibility index (Phi) is 8.46. The van der Waals surface area contributed by atoms with Crippen LogP contribution in [0, 0.1) is 0 Å². The Hall–Kier alpha value is -2.71. The number of hydrogen-bond donors (Lipinski definition) is 0. The van der Waals surface area contributed by atoms with Crippen LogP contribution >= 0.6 is 0 Å². The van der Waals surface area contributed by atoms with Gasteiger partial charge in [0.2, 0.25) is 5.79 Å². The summed E-state index contributed by atoms with van der Waals surface area (Å²) in [6.07, 6.45) is 2.59.